The van der Waals surface area contributed by atoms with Crippen molar-refractivity contribution >= 4 is 23.5 Å². The van der Waals surface area contributed by atoms with Gasteiger partial charge in [0.1, 0.15) is 0 Å². The number of nitrogens with one attached hydrogen (secondary N) is 2. The molecular formula is C13H16N2O5. The molecule has 0 aliphatic carbocycles. The number of hydrogen-bond acceptors (Lipinski definition) is 4. The van der Waals surface area contributed by atoms with E-state index < -0.39 is 29.9 Å². The first-order valence-corrected chi connectivity index (χ1v) is 5.90. The highest BCUT2D eigenvalue weighted by atomic mass is 16.4. The fourth-order valence-corrected chi connectivity index (χ4v) is 1.42. The predicted octanol–water partition coefficient (Wildman–Crippen LogP) is -0.116. The Balaban J connectivity index is 2.65. The summed E-state index contributed by atoms with van der Waals surface area (Å²) < 4.78 is 0. The first-order chi connectivity index (χ1) is 9.31. The lowest BCUT2D eigenvalue weighted by Crippen LogP contribution is -2.50. The molecule has 0 aliphatic heterocycles. The Morgan fingerprint density at radius 3 is 2.10 bits per heavy atom. The summed E-state index contributed by atoms with van der Waals surface area (Å²) in [5.41, 5.74) is 1.41. The molecule has 0 fully saturated rings. The molecule has 1 rings (SSSR count). The highest BCUT2D eigenvalue weighted by Gasteiger charge is 2.27. The van der Waals surface area contributed by atoms with E-state index in [1.54, 1.807) is 24.3 Å². The zero-order valence-electron chi connectivity index (χ0n) is 11.1. The van der Waals surface area contributed by atoms with E-state index in [1.807, 2.05) is 12.2 Å². The van der Waals surface area contributed by atoms with Crippen LogP contribution in [0.4, 0.5) is 5.69 Å². The molecule has 2 atom stereocenters. The van der Waals surface area contributed by atoms with E-state index in [4.69, 9.17) is 5.11 Å². The summed E-state index contributed by atoms with van der Waals surface area (Å²) in [5.74, 6) is -3.55. The SMILES string of the molecule is Cc1ccc(NC(=O)C(=O)N[C@H](C(=O)O)[C@@H](C)O)cc1. The number of carboxylic acids is 1. The minimum Gasteiger partial charge on any atom is -0.480 e. The Labute approximate surface area is 115 Å². The monoisotopic (exact) mass is 280 g/mol. The van der Waals surface area contributed by atoms with Crippen LogP contribution < -0.4 is 10.6 Å². The van der Waals surface area contributed by atoms with Gasteiger partial charge in [0.15, 0.2) is 6.04 Å². The van der Waals surface area contributed by atoms with Crippen molar-refractivity contribution in [1.29, 1.82) is 0 Å². The van der Waals surface area contributed by atoms with E-state index in [1.165, 1.54) is 6.92 Å². The molecule has 0 aliphatic rings. The third-order valence-corrected chi connectivity index (χ3v) is 2.55. The van der Waals surface area contributed by atoms with Crippen molar-refractivity contribution in [3.8, 4) is 0 Å². The van der Waals surface area contributed by atoms with Crippen LogP contribution >= 0.6 is 0 Å². The Morgan fingerprint density at radius 2 is 1.65 bits per heavy atom. The number of hydrogen-bond donors (Lipinski definition) is 4. The zero-order chi connectivity index (χ0) is 15.3. The highest BCUT2D eigenvalue weighted by Crippen LogP contribution is 2.08. The van der Waals surface area contributed by atoms with Crippen molar-refractivity contribution in [3.05, 3.63) is 29.8 Å². The number of carbonyl (C=O) groups is 3. The molecule has 0 unspecified atom stereocenters. The Kier molecular flexibility index (Phi) is 5.22. The molecule has 1 aromatic carbocycles. The van der Waals surface area contributed by atoms with E-state index in [9.17, 15) is 19.5 Å². The van der Waals surface area contributed by atoms with Gasteiger partial charge in [0.25, 0.3) is 0 Å². The summed E-state index contributed by atoms with van der Waals surface area (Å²) in [6.45, 7) is 3.08. The number of anilines is 1. The minimum atomic E-state index is -1.54. The molecule has 7 nitrogen and oxygen atoms in total. The van der Waals surface area contributed by atoms with Gasteiger partial charge in [0.2, 0.25) is 0 Å². The molecular weight excluding hydrogens is 264 g/mol. The Hall–Kier alpha value is -2.41. The Morgan fingerprint density at radius 1 is 1.10 bits per heavy atom. The molecule has 7 heteroatoms. The van der Waals surface area contributed by atoms with Crippen molar-refractivity contribution < 1.29 is 24.6 Å². The van der Waals surface area contributed by atoms with E-state index in [-0.39, 0.29) is 0 Å². The fraction of sp³-hybridized carbons (Fsp3) is 0.308. The number of benzene rings is 1. The Bertz CT molecular complexity index is 510. The number of aliphatic hydroxyl groups excluding tert-OH is 1. The van der Waals surface area contributed by atoms with E-state index in [2.05, 4.69) is 5.32 Å². The third-order valence-electron chi connectivity index (χ3n) is 2.55. The molecule has 0 saturated heterocycles. The maximum atomic E-state index is 11.6. The lowest BCUT2D eigenvalue weighted by atomic mass is 10.2. The number of carbonyl (C=O) groups excluding carboxylic acids is 2. The van der Waals surface area contributed by atoms with Gasteiger partial charge in [-0.15, -0.1) is 0 Å². The van der Waals surface area contributed by atoms with Crippen LogP contribution in [0.1, 0.15) is 12.5 Å². The van der Waals surface area contributed by atoms with Gasteiger partial charge in [-0.1, -0.05) is 17.7 Å². The number of aliphatic carboxylic acids is 1. The van der Waals surface area contributed by atoms with Crippen molar-refractivity contribution in [2.45, 2.75) is 26.0 Å². The third kappa shape index (κ3) is 4.36. The van der Waals surface area contributed by atoms with Gasteiger partial charge >= 0.3 is 17.8 Å². The second-order valence-electron chi connectivity index (χ2n) is 4.35. The summed E-state index contributed by atoms with van der Waals surface area (Å²) in [4.78, 5) is 33.9. The molecule has 2 amide bonds. The van der Waals surface area contributed by atoms with Crippen LogP contribution in [-0.2, 0) is 14.4 Å². The normalized spacial score (nSPS) is 13.2. The van der Waals surface area contributed by atoms with Gasteiger partial charge in [-0.2, -0.15) is 0 Å². The standard InChI is InChI=1S/C13H16N2O5/c1-7-3-5-9(6-4-7)14-11(17)12(18)15-10(8(2)16)13(19)20/h3-6,8,10,16H,1-2H3,(H,14,17)(H,15,18)(H,19,20)/t8-,10+/m1/s1. The van der Waals surface area contributed by atoms with E-state index in [0.29, 0.717) is 5.69 Å². The van der Waals surface area contributed by atoms with Crippen LogP contribution in [0.3, 0.4) is 0 Å². The molecule has 0 radical (unpaired) electrons. The largest absolute Gasteiger partial charge is 0.480 e. The minimum absolute atomic E-state index is 0.416. The van der Waals surface area contributed by atoms with Crippen LogP contribution in [-0.4, -0.2) is 40.1 Å². The summed E-state index contributed by atoms with van der Waals surface area (Å²) in [6.07, 6.45) is -1.32. The van der Waals surface area contributed by atoms with Crippen LogP contribution in [0.5, 0.6) is 0 Å². The van der Waals surface area contributed by atoms with Crippen molar-refractivity contribution in [2.24, 2.45) is 0 Å². The van der Waals surface area contributed by atoms with Gasteiger partial charge in [0, 0.05) is 5.69 Å². The van der Waals surface area contributed by atoms with Crippen molar-refractivity contribution in [3.63, 3.8) is 0 Å². The lowest BCUT2D eigenvalue weighted by Gasteiger charge is -2.16. The van der Waals surface area contributed by atoms with Crippen LogP contribution in [0.2, 0.25) is 0 Å². The number of amides is 2. The predicted molar refractivity (Wildman–Crippen MR) is 71.1 cm³/mol. The van der Waals surface area contributed by atoms with Gasteiger partial charge < -0.3 is 20.8 Å². The van der Waals surface area contributed by atoms with E-state index >= 15 is 0 Å². The summed E-state index contributed by atoms with van der Waals surface area (Å²) in [6, 6.07) is 5.20. The summed E-state index contributed by atoms with van der Waals surface area (Å²) >= 11 is 0. The zero-order valence-corrected chi connectivity index (χ0v) is 11.1. The first-order valence-electron chi connectivity index (χ1n) is 5.90. The highest BCUT2D eigenvalue weighted by molar-refractivity contribution is 6.40. The van der Waals surface area contributed by atoms with Crippen LogP contribution in [0, 0.1) is 6.92 Å². The molecule has 0 spiro atoms. The van der Waals surface area contributed by atoms with Crippen molar-refractivity contribution in [1.82, 2.24) is 5.32 Å². The topological polar surface area (TPSA) is 116 Å². The number of aliphatic hydroxyl groups is 1. The van der Waals surface area contributed by atoms with E-state index in [0.717, 1.165) is 5.56 Å². The van der Waals surface area contributed by atoms with Gasteiger partial charge in [-0.05, 0) is 26.0 Å². The first kappa shape index (κ1) is 15.6. The van der Waals surface area contributed by atoms with Gasteiger partial charge in [-0.25, -0.2) is 4.79 Å². The number of aryl methyl sites for hydroxylation is 1. The van der Waals surface area contributed by atoms with Gasteiger partial charge in [-0.3, -0.25) is 9.59 Å². The quantitative estimate of drug-likeness (QED) is 0.574. The average Bonchev–Trinajstić information content (AvgIpc) is 2.37. The maximum absolute atomic E-state index is 11.6. The summed E-state index contributed by atoms with van der Waals surface area (Å²) in [7, 11) is 0. The van der Waals surface area contributed by atoms with Crippen molar-refractivity contribution in [2.75, 3.05) is 5.32 Å². The molecule has 20 heavy (non-hydrogen) atoms. The second-order valence-corrected chi connectivity index (χ2v) is 4.35. The molecule has 0 heterocycles. The maximum Gasteiger partial charge on any atom is 0.328 e. The second kappa shape index (κ2) is 6.67. The number of carboxylic acid groups (broad SMARTS) is 1. The van der Waals surface area contributed by atoms with Crippen LogP contribution in [0.15, 0.2) is 24.3 Å². The molecule has 0 bridgehead atoms. The fourth-order valence-electron chi connectivity index (χ4n) is 1.42. The molecule has 0 saturated carbocycles. The average molecular weight is 280 g/mol. The van der Waals surface area contributed by atoms with Crippen LogP contribution in [0.25, 0.3) is 0 Å². The van der Waals surface area contributed by atoms with Gasteiger partial charge in [0.05, 0.1) is 6.10 Å². The summed E-state index contributed by atoms with van der Waals surface area (Å²) in [5, 5.41) is 22.3. The molecule has 4 N–H and O–H groups in total. The molecule has 0 aromatic heterocycles. The molecule has 108 valence electrons. The number of rotatable bonds is 4. The smallest absolute Gasteiger partial charge is 0.328 e. The lowest BCUT2D eigenvalue weighted by molar-refractivity contribution is -0.146. The molecule has 1 aromatic rings.